The van der Waals surface area contributed by atoms with Gasteiger partial charge in [0.1, 0.15) is 5.69 Å². The SMILES string of the molecule is C=Nc1cccnc1N(C)N. The molecule has 2 N–H and O–H groups in total. The Morgan fingerprint density at radius 2 is 2.45 bits per heavy atom. The van der Waals surface area contributed by atoms with Gasteiger partial charge in [0, 0.05) is 13.2 Å². The molecule has 1 aromatic heterocycles. The Balaban J connectivity index is 3.12. The van der Waals surface area contributed by atoms with Gasteiger partial charge in [-0.2, -0.15) is 0 Å². The molecule has 4 nitrogen and oxygen atoms in total. The number of nitrogens with zero attached hydrogens (tertiary/aromatic N) is 3. The number of pyridine rings is 1. The monoisotopic (exact) mass is 150 g/mol. The van der Waals surface area contributed by atoms with E-state index in [-0.39, 0.29) is 0 Å². The average Bonchev–Trinajstić information content (AvgIpc) is 2.04. The molecule has 1 heterocycles. The molecule has 0 saturated carbocycles. The molecule has 0 fully saturated rings. The largest absolute Gasteiger partial charge is 0.296 e. The molecule has 0 spiro atoms. The second kappa shape index (κ2) is 3.12. The van der Waals surface area contributed by atoms with Gasteiger partial charge in [-0.05, 0) is 18.9 Å². The summed E-state index contributed by atoms with van der Waals surface area (Å²) in [5.74, 6) is 6.10. The minimum absolute atomic E-state index is 0.627. The summed E-state index contributed by atoms with van der Waals surface area (Å²) in [6.07, 6.45) is 1.66. The van der Waals surface area contributed by atoms with E-state index in [2.05, 4.69) is 16.7 Å². The summed E-state index contributed by atoms with van der Waals surface area (Å²) in [5, 5.41) is 1.41. The first-order valence-corrected chi connectivity index (χ1v) is 3.16. The summed E-state index contributed by atoms with van der Waals surface area (Å²) in [4.78, 5) is 7.77. The average molecular weight is 150 g/mol. The van der Waals surface area contributed by atoms with Crippen LogP contribution in [0.25, 0.3) is 0 Å². The highest BCUT2D eigenvalue weighted by Gasteiger charge is 2.01. The molecule has 0 bridgehead atoms. The van der Waals surface area contributed by atoms with Crippen molar-refractivity contribution >= 4 is 18.2 Å². The normalized spacial score (nSPS) is 9.27. The van der Waals surface area contributed by atoms with Crippen LogP contribution in [0.1, 0.15) is 0 Å². The third kappa shape index (κ3) is 1.53. The minimum Gasteiger partial charge on any atom is -0.296 e. The van der Waals surface area contributed by atoms with Gasteiger partial charge in [-0.1, -0.05) is 0 Å². The number of hydrogen-bond acceptors (Lipinski definition) is 4. The molecular weight excluding hydrogens is 140 g/mol. The quantitative estimate of drug-likeness (QED) is 0.384. The fraction of sp³-hybridized carbons (Fsp3) is 0.143. The van der Waals surface area contributed by atoms with E-state index in [9.17, 15) is 0 Å². The topological polar surface area (TPSA) is 54.5 Å². The van der Waals surface area contributed by atoms with Crippen molar-refractivity contribution in [2.45, 2.75) is 0 Å². The molecule has 0 amide bonds. The molecule has 0 aliphatic carbocycles. The zero-order valence-electron chi connectivity index (χ0n) is 6.36. The number of aromatic nitrogens is 1. The first-order valence-electron chi connectivity index (χ1n) is 3.16. The Bertz CT molecular complexity index is 256. The molecule has 1 rings (SSSR count). The van der Waals surface area contributed by atoms with Crippen LogP contribution in [0.15, 0.2) is 23.3 Å². The van der Waals surface area contributed by atoms with Crippen molar-refractivity contribution in [3.8, 4) is 0 Å². The second-order valence-electron chi connectivity index (χ2n) is 2.12. The van der Waals surface area contributed by atoms with Gasteiger partial charge in [0.15, 0.2) is 5.82 Å². The molecular formula is C7H10N4. The van der Waals surface area contributed by atoms with Gasteiger partial charge in [-0.3, -0.25) is 10.0 Å². The van der Waals surface area contributed by atoms with E-state index in [1.54, 1.807) is 25.4 Å². The molecule has 0 atom stereocenters. The minimum atomic E-state index is 0.627. The van der Waals surface area contributed by atoms with Crippen LogP contribution in [0.4, 0.5) is 11.5 Å². The van der Waals surface area contributed by atoms with E-state index in [4.69, 9.17) is 5.84 Å². The highest BCUT2D eigenvalue weighted by molar-refractivity contribution is 5.63. The second-order valence-corrected chi connectivity index (χ2v) is 2.12. The number of aliphatic imine (C=N–C) groups is 1. The van der Waals surface area contributed by atoms with Crippen LogP contribution in [0, 0.1) is 0 Å². The van der Waals surface area contributed by atoms with E-state index in [1.807, 2.05) is 0 Å². The molecule has 0 aliphatic rings. The molecule has 11 heavy (non-hydrogen) atoms. The Kier molecular flexibility index (Phi) is 2.18. The summed E-state index contributed by atoms with van der Waals surface area (Å²) in [6, 6.07) is 3.59. The molecule has 0 radical (unpaired) electrons. The van der Waals surface area contributed by atoms with Crippen molar-refractivity contribution in [3.63, 3.8) is 0 Å². The van der Waals surface area contributed by atoms with Gasteiger partial charge in [0.25, 0.3) is 0 Å². The summed E-state index contributed by atoms with van der Waals surface area (Å²) >= 11 is 0. The number of rotatable bonds is 2. The molecule has 0 aromatic carbocycles. The lowest BCUT2D eigenvalue weighted by molar-refractivity contribution is 0.977. The van der Waals surface area contributed by atoms with E-state index in [0.717, 1.165) is 0 Å². The number of hydrazine groups is 1. The van der Waals surface area contributed by atoms with Gasteiger partial charge >= 0.3 is 0 Å². The maximum Gasteiger partial charge on any atom is 0.168 e. The van der Waals surface area contributed by atoms with E-state index in [0.29, 0.717) is 11.5 Å². The zero-order valence-corrected chi connectivity index (χ0v) is 6.36. The maximum absolute atomic E-state index is 5.47. The van der Waals surface area contributed by atoms with Gasteiger partial charge in [0.05, 0.1) is 0 Å². The van der Waals surface area contributed by atoms with Crippen molar-refractivity contribution < 1.29 is 0 Å². The lowest BCUT2D eigenvalue weighted by Crippen LogP contribution is -2.25. The van der Waals surface area contributed by atoms with Crippen LogP contribution in [0.3, 0.4) is 0 Å². The Morgan fingerprint density at radius 3 is 2.91 bits per heavy atom. The smallest absolute Gasteiger partial charge is 0.168 e. The lowest BCUT2D eigenvalue weighted by Gasteiger charge is -2.11. The molecule has 0 unspecified atom stereocenters. The van der Waals surface area contributed by atoms with Crippen LogP contribution < -0.4 is 10.9 Å². The molecule has 4 heteroatoms. The number of nitrogens with two attached hydrogens (primary N) is 1. The molecule has 0 saturated heterocycles. The molecule has 0 aliphatic heterocycles. The van der Waals surface area contributed by atoms with E-state index >= 15 is 0 Å². The standard InChI is InChI=1S/C7H10N4/c1-9-6-4-3-5-10-7(6)11(2)8/h3-5H,1,8H2,2H3. The van der Waals surface area contributed by atoms with E-state index < -0.39 is 0 Å². The van der Waals surface area contributed by atoms with Crippen molar-refractivity contribution in [2.24, 2.45) is 10.8 Å². The van der Waals surface area contributed by atoms with Crippen LogP contribution in [-0.2, 0) is 0 Å². The van der Waals surface area contributed by atoms with Gasteiger partial charge in [-0.25, -0.2) is 10.8 Å². The first-order chi connectivity index (χ1) is 5.25. The first kappa shape index (κ1) is 7.68. The third-order valence-electron chi connectivity index (χ3n) is 1.27. The summed E-state index contributed by atoms with van der Waals surface area (Å²) < 4.78 is 0. The van der Waals surface area contributed by atoms with Crippen molar-refractivity contribution in [1.29, 1.82) is 0 Å². The van der Waals surface area contributed by atoms with Crippen LogP contribution in [0.2, 0.25) is 0 Å². The number of hydrogen-bond donors (Lipinski definition) is 1. The lowest BCUT2D eigenvalue weighted by atomic mass is 10.4. The van der Waals surface area contributed by atoms with Gasteiger partial charge < -0.3 is 0 Å². The highest BCUT2D eigenvalue weighted by atomic mass is 15.4. The molecule has 1 aromatic rings. The van der Waals surface area contributed by atoms with Gasteiger partial charge in [0.2, 0.25) is 0 Å². The van der Waals surface area contributed by atoms with Crippen LogP contribution in [0.5, 0.6) is 0 Å². The van der Waals surface area contributed by atoms with Crippen molar-refractivity contribution in [2.75, 3.05) is 12.1 Å². The highest BCUT2D eigenvalue weighted by Crippen LogP contribution is 2.21. The van der Waals surface area contributed by atoms with Crippen molar-refractivity contribution in [1.82, 2.24) is 4.98 Å². The Morgan fingerprint density at radius 1 is 1.73 bits per heavy atom. The molecule has 58 valence electrons. The Hall–Kier alpha value is -1.42. The maximum atomic E-state index is 5.47. The van der Waals surface area contributed by atoms with Crippen LogP contribution >= 0.6 is 0 Å². The predicted molar refractivity (Wildman–Crippen MR) is 46.0 cm³/mol. The van der Waals surface area contributed by atoms with E-state index in [1.165, 1.54) is 5.01 Å². The third-order valence-corrected chi connectivity index (χ3v) is 1.27. The van der Waals surface area contributed by atoms with Crippen LogP contribution in [-0.4, -0.2) is 18.7 Å². The van der Waals surface area contributed by atoms with Crippen molar-refractivity contribution in [3.05, 3.63) is 18.3 Å². The number of anilines is 1. The fourth-order valence-corrected chi connectivity index (χ4v) is 0.784. The summed E-state index contributed by atoms with van der Waals surface area (Å²) in [7, 11) is 1.71. The Labute approximate surface area is 65.3 Å². The predicted octanol–water partition coefficient (Wildman–Crippen LogP) is 0.724. The fourth-order valence-electron chi connectivity index (χ4n) is 0.784. The zero-order chi connectivity index (χ0) is 8.27. The van der Waals surface area contributed by atoms with Gasteiger partial charge in [-0.15, -0.1) is 0 Å². The summed E-state index contributed by atoms with van der Waals surface area (Å²) in [5.41, 5.74) is 0.692. The summed E-state index contributed by atoms with van der Waals surface area (Å²) in [6.45, 7) is 3.40.